The van der Waals surface area contributed by atoms with Crippen molar-refractivity contribution in [1.29, 1.82) is 0 Å². The van der Waals surface area contributed by atoms with E-state index in [9.17, 15) is 4.79 Å². The van der Waals surface area contributed by atoms with Crippen LogP contribution >= 0.6 is 0 Å². The van der Waals surface area contributed by atoms with Gasteiger partial charge >= 0.3 is 5.97 Å². The minimum absolute atomic E-state index is 0.213. The van der Waals surface area contributed by atoms with Crippen molar-refractivity contribution in [1.82, 2.24) is 10.2 Å². The van der Waals surface area contributed by atoms with Gasteiger partial charge in [0.1, 0.15) is 5.60 Å². The van der Waals surface area contributed by atoms with Crippen molar-refractivity contribution in [2.75, 3.05) is 0 Å². The molecule has 1 rings (SSSR count). The summed E-state index contributed by atoms with van der Waals surface area (Å²) in [6.07, 6.45) is 0.283. The number of aromatic nitrogens is 2. The van der Waals surface area contributed by atoms with Crippen LogP contribution in [0.15, 0.2) is 0 Å². The summed E-state index contributed by atoms with van der Waals surface area (Å²) in [6.45, 7) is 9.36. The van der Waals surface area contributed by atoms with Gasteiger partial charge in [-0.15, -0.1) is 0 Å². The zero-order chi connectivity index (χ0) is 11.6. The van der Waals surface area contributed by atoms with Crippen LogP contribution < -0.4 is 0 Å². The van der Waals surface area contributed by atoms with Crippen molar-refractivity contribution in [2.24, 2.45) is 0 Å². The maximum absolute atomic E-state index is 11.6. The molecule has 0 unspecified atom stereocenters. The zero-order valence-electron chi connectivity index (χ0n) is 9.97. The second kappa shape index (κ2) is 4.04. The molecule has 1 aromatic rings. The van der Waals surface area contributed by atoms with Crippen molar-refractivity contribution >= 4 is 5.97 Å². The number of nitrogens with one attached hydrogen (secondary N) is 1. The van der Waals surface area contributed by atoms with Gasteiger partial charge in [0, 0.05) is 11.3 Å². The van der Waals surface area contributed by atoms with Crippen LogP contribution in [0.25, 0.3) is 0 Å². The number of aromatic amines is 1. The molecule has 0 radical (unpaired) electrons. The molecule has 15 heavy (non-hydrogen) atoms. The predicted molar refractivity (Wildman–Crippen MR) is 57.6 cm³/mol. The summed E-state index contributed by atoms with van der Waals surface area (Å²) in [5, 5.41) is 6.88. The SMILES string of the molecule is Cc1n[nH]c(C)c1CC(=O)OC(C)(C)C. The van der Waals surface area contributed by atoms with E-state index in [2.05, 4.69) is 10.2 Å². The summed E-state index contributed by atoms with van der Waals surface area (Å²) < 4.78 is 5.24. The van der Waals surface area contributed by atoms with Gasteiger partial charge in [-0.25, -0.2) is 0 Å². The third-order valence-corrected chi connectivity index (χ3v) is 2.02. The van der Waals surface area contributed by atoms with E-state index >= 15 is 0 Å². The number of ether oxygens (including phenoxy) is 1. The van der Waals surface area contributed by atoms with Gasteiger partial charge in [0.25, 0.3) is 0 Å². The predicted octanol–water partition coefficient (Wildman–Crippen LogP) is 1.91. The van der Waals surface area contributed by atoms with E-state index in [1.165, 1.54) is 0 Å². The molecule has 0 aliphatic heterocycles. The first-order chi connectivity index (χ1) is 6.79. The molecule has 0 saturated heterocycles. The lowest BCUT2D eigenvalue weighted by Crippen LogP contribution is -2.25. The van der Waals surface area contributed by atoms with Crippen LogP contribution in [0.3, 0.4) is 0 Å². The lowest BCUT2D eigenvalue weighted by molar-refractivity contribution is -0.153. The molecule has 0 atom stereocenters. The number of aryl methyl sites for hydroxylation is 2. The number of hydrogen-bond donors (Lipinski definition) is 1. The molecule has 1 N–H and O–H groups in total. The molecule has 0 aliphatic rings. The van der Waals surface area contributed by atoms with Gasteiger partial charge in [-0.05, 0) is 34.6 Å². The van der Waals surface area contributed by atoms with Crippen molar-refractivity contribution in [3.05, 3.63) is 17.0 Å². The van der Waals surface area contributed by atoms with E-state index in [4.69, 9.17) is 4.74 Å². The van der Waals surface area contributed by atoms with E-state index in [0.717, 1.165) is 17.0 Å². The number of rotatable bonds is 2. The van der Waals surface area contributed by atoms with Crippen LogP contribution in [0, 0.1) is 13.8 Å². The highest BCUT2D eigenvalue weighted by atomic mass is 16.6. The Morgan fingerprint density at radius 2 is 2.00 bits per heavy atom. The highest BCUT2D eigenvalue weighted by Crippen LogP contribution is 2.13. The molecular formula is C11H18N2O2. The van der Waals surface area contributed by atoms with Crippen LogP contribution in [0.1, 0.15) is 37.7 Å². The number of H-pyrrole nitrogens is 1. The number of nitrogens with zero attached hydrogens (tertiary/aromatic N) is 1. The fourth-order valence-electron chi connectivity index (χ4n) is 1.36. The molecule has 0 fully saturated rings. The first-order valence-electron chi connectivity index (χ1n) is 5.02. The first kappa shape index (κ1) is 11.8. The van der Waals surface area contributed by atoms with E-state index in [-0.39, 0.29) is 12.4 Å². The molecule has 4 nitrogen and oxygen atoms in total. The van der Waals surface area contributed by atoms with Gasteiger partial charge in [-0.1, -0.05) is 0 Å². The first-order valence-corrected chi connectivity index (χ1v) is 5.02. The topological polar surface area (TPSA) is 55.0 Å². The van der Waals surface area contributed by atoms with Gasteiger partial charge in [-0.2, -0.15) is 5.10 Å². The third kappa shape index (κ3) is 3.38. The van der Waals surface area contributed by atoms with Crippen molar-refractivity contribution in [2.45, 2.75) is 46.6 Å². The van der Waals surface area contributed by atoms with E-state index in [1.807, 2.05) is 34.6 Å². The van der Waals surface area contributed by atoms with Crippen LogP contribution in [0.4, 0.5) is 0 Å². The molecule has 84 valence electrons. The maximum atomic E-state index is 11.6. The van der Waals surface area contributed by atoms with E-state index in [1.54, 1.807) is 0 Å². The van der Waals surface area contributed by atoms with Gasteiger partial charge in [-0.3, -0.25) is 9.89 Å². The van der Waals surface area contributed by atoms with E-state index in [0.29, 0.717) is 0 Å². The Balaban J connectivity index is 2.67. The molecule has 4 heteroatoms. The molecule has 0 amide bonds. The van der Waals surface area contributed by atoms with Gasteiger partial charge in [0.2, 0.25) is 0 Å². The Morgan fingerprint density at radius 1 is 1.40 bits per heavy atom. The molecule has 0 spiro atoms. The normalized spacial score (nSPS) is 11.5. The lowest BCUT2D eigenvalue weighted by Gasteiger charge is -2.19. The molecule has 0 bridgehead atoms. The van der Waals surface area contributed by atoms with Gasteiger partial charge in [0.05, 0.1) is 12.1 Å². The quantitative estimate of drug-likeness (QED) is 0.759. The second-order valence-electron chi connectivity index (χ2n) is 4.68. The van der Waals surface area contributed by atoms with Crippen LogP contribution in [-0.4, -0.2) is 21.8 Å². The summed E-state index contributed by atoms with van der Waals surface area (Å²) in [4.78, 5) is 11.6. The Morgan fingerprint density at radius 3 is 2.40 bits per heavy atom. The summed E-state index contributed by atoms with van der Waals surface area (Å²) in [5.41, 5.74) is 2.30. The fourth-order valence-corrected chi connectivity index (χ4v) is 1.36. The third-order valence-electron chi connectivity index (χ3n) is 2.02. The number of esters is 1. The maximum Gasteiger partial charge on any atom is 0.310 e. The molecular weight excluding hydrogens is 192 g/mol. The Kier molecular flexibility index (Phi) is 3.17. The average molecular weight is 210 g/mol. The minimum Gasteiger partial charge on any atom is -0.460 e. The molecule has 0 aliphatic carbocycles. The second-order valence-corrected chi connectivity index (χ2v) is 4.68. The largest absolute Gasteiger partial charge is 0.460 e. The Bertz CT molecular complexity index is 342. The van der Waals surface area contributed by atoms with Crippen LogP contribution in [0.2, 0.25) is 0 Å². The van der Waals surface area contributed by atoms with Crippen molar-refractivity contribution < 1.29 is 9.53 Å². The number of hydrogen-bond acceptors (Lipinski definition) is 3. The summed E-state index contributed by atoms with van der Waals surface area (Å²) in [7, 11) is 0. The molecule has 1 heterocycles. The van der Waals surface area contributed by atoms with Gasteiger partial charge in [0.15, 0.2) is 0 Å². The smallest absolute Gasteiger partial charge is 0.310 e. The lowest BCUT2D eigenvalue weighted by atomic mass is 10.1. The number of carbonyl (C=O) groups excluding carboxylic acids is 1. The highest BCUT2D eigenvalue weighted by molar-refractivity contribution is 5.73. The van der Waals surface area contributed by atoms with E-state index < -0.39 is 5.60 Å². The average Bonchev–Trinajstić information content (AvgIpc) is 2.32. The molecule has 0 saturated carbocycles. The molecule has 0 aromatic carbocycles. The minimum atomic E-state index is -0.428. The fraction of sp³-hybridized carbons (Fsp3) is 0.636. The van der Waals surface area contributed by atoms with Crippen LogP contribution in [-0.2, 0) is 16.0 Å². The summed E-state index contributed by atoms with van der Waals surface area (Å²) >= 11 is 0. The zero-order valence-corrected chi connectivity index (χ0v) is 9.97. The van der Waals surface area contributed by atoms with Gasteiger partial charge < -0.3 is 4.74 Å². The summed E-state index contributed by atoms with van der Waals surface area (Å²) in [6, 6.07) is 0. The molecule has 1 aromatic heterocycles. The standard InChI is InChI=1S/C11H18N2O2/c1-7-9(8(2)13-12-7)6-10(14)15-11(3,4)5/h6H2,1-5H3,(H,12,13). The van der Waals surface area contributed by atoms with Crippen molar-refractivity contribution in [3.63, 3.8) is 0 Å². The number of carbonyl (C=O) groups is 1. The Hall–Kier alpha value is -1.32. The van der Waals surface area contributed by atoms with Crippen LogP contribution in [0.5, 0.6) is 0 Å². The summed E-state index contributed by atoms with van der Waals surface area (Å²) in [5.74, 6) is -0.213. The van der Waals surface area contributed by atoms with Crippen molar-refractivity contribution in [3.8, 4) is 0 Å². The monoisotopic (exact) mass is 210 g/mol. The Labute approximate surface area is 90.0 Å². The highest BCUT2D eigenvalue weighted by Gasteiger charge is 2.18.